The molecule has 0 aliphatic rings. The number of amides is 2. The number of carbonyl (C=O) groups is 7. The molecule has 2 aromatic heterocycles. The minimum absolute atomic E-state index is 0. The van der Waals surface area contributed by atoms with Gasteiger partial charge in [0.25, 0.3) is 6.47 Å². The Morgan fingerprint density at radius 1 is 0.700 bits per heavy atom. The Morgan fingerprint density at radius 2 is 1.06 bits per heavy atom. The van der Waals surface area contributed by atoms with Crippen LogP contribution < -0.4 is 154 Å². The number of nitrogens with one attached hydrogen (secondary N) is 2. The van der Waals surface area contributed by atoms with Crippen LogP contribution >= 0.6 is 24.0 Å². The van der Waals surface area contributed by atoms with Gasteiger partial charge in [0, 0.05) is 63.1 Å². The zero-order valence-electron chi connectivity index (χ0n) is 50.2. The van der Waals surface area contributed by atoms with Crippen molar-refractivity contribution in [1.82, 2.24) is 29.7 Å². The van der Waals surface area contributed by atoms with Crippen LogP contribution in [0.5, 0.6) is 0 Å². The first-order valence-corrected chi connectivity index (χ1v) is 24.2. The van der Waals surface area contributed by atoms with Crippen molar-refractivity contribution in [3.8, 4) is 0 Å². The van der Waals surface area contributed by atoms with Gasteiger partial charge in [-0.2, -0.15) is 0 Å². The monoisotopic (exact) mass is 1410 g/mol. The van der Waals surface area contributed by atoms with Crippen molar-refractivity contribution in [2.45, 2.75) is 107 Å². The third kappa shape index (κ3) is 41.7. The van der Waals surface area contributed by atoms with E-state index in [0.717, 1.165) is 34.9 Å². The molecule has 4 aromatic rings. The molecule has 436 valence electrons. The number of carboxylic acids is 1. The molecule has 26 heteroatoms. The number of aliphatic carboxylic acids is 1. The van der Waals surface area contributed by atoms with E-state index in [0.29, 0.717) is 6.54 Å². The van der Waals surface area contributed by atoms with E-state index in [1.165, 1.54) is 6.08 Å². The zero-order chi connectivity index (χ0) is 59.5. The van der Waals surface area contributed by atoms with E-state index >= 15 is 0 Å². The van der Waals surface area contributed by atoms with E-state index in [-0.39, 0.29) is 183 Å². The number of alkyl carbamates (subject to hydrolysis) is 2. The number of imidazole rings is 2. The van der Waals surface area contributed by atoms with Crippen LogP contribution in [0.4, 0.5) is 14.0 Å². The number of halogens is 3. The second kappa shape index (κ2) is 44.3. The molecule has 0 radical (unpaired) electrons. The molecule has 2 atom stereocenters. The molecule has 0 spiro atoms. The smallest absolute Gasteiger partial charge is 1.00 e. The molecule has 2 unspecified atom stereocenters. The van der Waals surface area contributed by atoms with Gasteiger partial charge >= 0.3 is 174 Å². The second-order valence-corrected chi connectivity index (χ2v) is 20.6. The summed E-state index contributed by atoms with van der Waals surface area (Å²) in [6, 6.07) is 15.2. The minimum atomic E-state index is -1.00. The first kappa shape index (κ1) is 81.0. The summed E-state index contributed by atoms with van der Waals surface area (Å²) in [7, 11) is -1.00. The van der Waals surface area contributed by atoms with Gasteiger partial charge in [-0.3, -0.25) is 18.8 Å². The molecule has 80 heavy (non-hydrogen) atoms. The third-order valence-corrected chi connectivity index (χ3v) is 9.74. The number of benzene rings is 2. The molecular formula is C54H77Cl2Cs2FN6O15. The number of rotatable bonds is 18. The fraction of sp³-hybridized carbons (Fsp3) is 0.463. The Kier molecular flexibility index (Phi) is 44.9. The molecule has 0 fully saturated rings. The number of carboxylic acid groups (broad SMARTS) is 1. The molecule has 2 heterocycles. The van der Waals surface area contributed by atoms with E-state index in [9.17, 15) is 33.2 Å². The quantitative estimate of drug-likeness (QED) is 0.0189. The largest absolute Gasteiger partial charge is 1.00 e. The maximum absolute atomic E-state index is 12.6. The number of esters is 3. The fourth-order valence-corrected chi connectivity index (χ4v) is 6.02. The van der Waals surface area contributed by atoms with Crippen molar-refractivity contribution in [2.75, 3.05) is 33.1 Å². The van der Waals surface area contributed by atoms with Crippen molar-refractivity contribution in [2.24, 2.45) is 22.7 Å². The van der Waals surface area contributed by atoms with Gasteiger partial charge in [0.1, 0.15) is 11.2 Å². The SMILES string of the molecule is CC(C)(C)OC(=O)NCC(C(=O)OCCl)C(C)(C)C.CC(C)(C)OC(=O)NCC(C(=O)OCOC(=O)/C=C/c1ccc(Cn2ccnc2)cc1)C(C)(C)C.Cl.O=C(O)/C=C/c1ccc(Cn2ccnc2)cc1.O=CO[O-].[2H]CF.[Cs+].[Cs+].[H-]. The van der Waals surface area contributed by atoms with Gasteiger partial charge in [-0.1, -0.05) is 102 Å². The molecule has 0 aliphatic carbocycles. The minimum Gasteiger partial charge on any atom is -1.00 e. The number of hydrogen-bond acceptors (Lipinski definition) is 16. The Labute approximate surface area is 600 Å². The number of carbonyl (C=O) groups excluding carboxylic acids is 6. The summed E-state index contributed by atoms with van der Waals surface area (Å²) in [5.41, 5.74) is 1.89. The fourth-order valence-electron chi connectivity index (χ4n) is 5.92. The van der Waals surface area contributed by atoms with Crippen molar-refractivity contribution in [3.05, 3.63) is 120 Å². The normalized spacial score (nSPS) is 11.6. The van der Waals surface area contributed by atoms with Crippen LogP contribution in [-0.4, -0.2) is 111 Å². The Bertz CT molecular complexity index is 2450. The zero-order valence-corrected chi connectivity index (χ0v) is 62.3. The summed E-state index contributed by atoms with van der Waals surface area (Å²) >= 11 is 5.39. The van der Waals surface area contributed by atoms with E-state index in [1.54, 1.807) is 78.7 Å². The average Bonchev–Trinajstić information content (AvgIpc) is 4.05. The van der Waals surface area contributed by atoms with Gasteiger partial charge in [-0.05, 0) is 86.8 Å². The van der Waals surface area contributed by atoms with Crippen molar-refractivity contribution < 1.29 is 217 Å². The van der Waals surface area contributed by atoms with Gasteiger partial charge in [0.05, 0.1) is 33.0 Å². The molecular weight excluding hydrogens is 1330 g/mol. The number of ether oxygens (including phenoxy) is 5. The average molecular weight is 1410 g/mol. The number of hydrogen-bond donors (Lipinski definition) is 3. The van der Waals surface area contributed by atoms with Crippen molar-refractivity contribution in [3.63, 3.8) is 0 Å². The number of aromatic nitrogens is 4. The topological polar surface area (TPSA) is 278 Å². The predicted molar refractivity (Wildman–Crippen MR) is 292 cm³/mol. The second-order valence-electron chi connectivity index (χ2n) is 20.4. The van der Waals surface area contributed by atoms with Crippen LogP contribution in [0.2, 0.25) is 0 Å². The van der Waals surface area contributed by atoms with Crippen LogP contribution in [0.1, 0.15) is 108 Å². The predicted octanol–water partition coefficient (Wildman–Crippen LogP) is 2.68. The summed E-state index contributed by atoms with van der Waals surface area (Å²) < 4.78 is 44.7. The summed E-state index contributed by atoms with van der Waals surface area (Å²) in [5.74, 6) is -3.74. The van der Waals surface area contributed by atoms with Crippen molar-refractivity contribution >= 4 is 78.7 Å². The molecule has 2 amide bonds. The first-order valence-electron chi connectivity index (χ1n) is 24.3. The van der Waals surface area contributed by atoms with Crippen LogP contribution in [0.15, 0.2) is 98.1 Å². The van der Waals surface area contributed by atoms with E-state index in [1.807, 2.05) is 112 Å². The molecule has 0 bridgehead atoms. The van der Waals surface area contributed by atoms with Gasteiger partial charge in [-0.25, -0.2) is 29.1 Å². The molecule has 21 nitrogen and oxygen atoms in total. The molecule has 2 aromatic carbocycles. The third-order valence-electron chi connectivity index (χ3n) is 9.64. The van der Waals surface area contributed by atoms with E-state index < -0.39 is 78.5 Å². The Hall–Kier alpha value is -3.20. The molecule has 3 N–H and O–H groups in total. The van der Waals surface area contributed by atoms with Crippen LogP contribution in [-0.2, 0) is 65.6 Å². The molecule has 0 saturated carbocycles. The van der Waals surface area contributed by atoms with E-state index in [2.05, 4.69) is 25.5 Å². The standard InChI is InChI=1S/C26H35N3O6.C13H24ClNO4.C13H12N2O2.CH3F.CH2O3.ClH.2Cs.H/c1-25(2,3)21(15-28-24(32)35-26(4,5)6)23(31)34-18-33-22(30)12-11-19-7-9-20(10-8-19)16-29-14-13-27-17-29;1-12(2,3)9(10(16)18-8-14)7-15-11(17)19-13(4,5)6;16-13(17)6-5-11-1-3-12(4-2-11)9-15-8-7-14-10-15;1-2;2-1-4-3;;;;/h7-14,17,21H,15-16,18H2,1-6H3,(H,28,32);9H,7-8H2,1-6H3,(H,15,17);1-8,10H,9H2,(H,16,17);1H3;1,3H;1H;;;/q;;;;;;2*+1;-1/p-1/b12-11+;;6-5+;;;;;;/i;;;1D;;;;;. The summed E-state index contributed by atoms with van der Waals surface area (Å²) in [4.78, 5) is 89.4. The number of nitrogens with zero attached hydrogens (tertiary/aromatic N) is 4. The maximum Gasteiger partial charge on any atom is 1.00 e. The summed E-state index contributed by atoms with van der Waals surface area (Å²) in [5, 5.41) is 22.1. The molecule has 0 saturated heterocycles. The van der Waals surface area contributed by atoms with Gasteiger partial charge in [0.15, 0.2) is 6.07 Å². The van der Waals surface area contributed by atoms with E-state index in [4.69, 9.17) is 51.8 Å². The van der Waals surface area contributed by atoms with Crippen LogP contribution in [0, 0.1) is 22.7 Å². The Balaban J connectivity index is -0.000000357. The summed E-state index contributed by atoms with van der Waals surface area (Å²) in [6.07, 6.45) is 15.2. The van der Waals surface area contributed by atoms with Crippen LogP contribution in [0.3, 0.4) is 0 Å². The summed E-state index contributed by atoms with van der Waals surface area (Å²) in [6.45, 7) is 22.8. The van der Waals surface area contributed by atoms with Gasteiger partial charge in [0.2, 0.25) is 6.79 Å². The first-order chi connectivity index (χ1) is 36.4. The van der Waals surface area contributed by atoms with Crippen molar-refractivity contribution in [1.29, 1.82) is 0 Å². The number of alkyl halides is 2. The van der Waals surface area contributed by atoms with Gasteiger partial charge < -0.3 is 60.1 Å². The van der Waals surface area contributed by atoms with Gasteiger partial charge in [-0.15, -0.1) is 12.4 Å². The Morgan fingerprint density at radius 3 is 1.36 bits per heavy atom. The molecule has 4 rings (SSSR count). The molecule has 0 aliphatic heterocycles. The maximum atomic E-state index is 12.6. The van der Waals surface area contributed by atoms with Crippen LogP contribution in [0.25, 0.3) is 12.2 Å².